The average Bonchev–Trinajstić information content (AvgIpc) is 2.56. The number of carbonyl (C=O) groups excluding carboxylic acids is 2. The van der Waals surface area contributed by atoms with Crippen LogP contribution in [0.1, 0.15) is 11.1 Å². The molecule has 0 atom stereocenters. The minimum absolute atomic E-state index is 0.0478. The largest absolute Gasteiger partial charge is 0.483 e. The number of hydrogen-bond donors (Lipinski definition) is 2. The molecule has 2 amide bonds. The van der Waals surface area contributed by atoms with Crippen LogP contribution < -0.4 is 15.4 Å². The molecule has 0 aliphatic rings. The van der Waals surface area contributed by atoms with E-state index in [1.165, 1.54) is 0 Å². The summed E-state index contributed by atoms with van der Waals surface area (Å²) in [6.07, 6.45) is 0.321. The van der Waals surface area contributed by atoms with Crippen molar-refractivity contribution in [2.75, 3.05) is 19.0 Å². The van der Waals surface area contributed by atoms with Crippen LogP contribution in [0.5, 0.6) is 5.75 Å². The molecule has 0 saturated carbocycles. The lowest BCUT2D eigenvalue weighted by atomic mass is 10.1. The maximum atomic E-state index is 11.9. The Morgan fingerprint density at radius 1 is 1.00 bits per heavy atom. The average molecular weight is 312 g/mol. The molecule has 0 heterocycles. The van der Waals surface area contributed by atoms with Crippen molar-refractivity contribution >= 4 is 17.5 Å². The van der Waals surface area contributed by atoms with Crippen LogP contribution in [0.4, 0.5) is 5.69 Å². The van der Waals surface area contributed by atoms with Gasteiger partial charge in [0.05, 0.1) is 6.42 Å². The van der Waals surface area contributed by atoms with E-state index in [0.717, 1.165) is 11.1 Å². The van der Waals surface area contributed by atoms with Gasteiger partial charge in [0.15, 0.2) is 6.61 Å². The van der Waals surface area contributed by atoms with Crippen LogP contribution in [0.25, 0.3) is 0 Å². The van der Waals surface area contributed by atoms with E-state index in [2.05, 4.69) is 10.6 Å². The van der Waals surface area contributed by atoms with Crippen molar-refractivity contribution in [3.8, 4) is 5.75 Å². The number of ether oxygens (including phenoxy) is 1. The number of likely N-dealkylation sites (N-methyl/N-ethyl adjacent to an activating group) is 1. The van der Waals surface area contributed by atoms with Gasteiger partial charge in [-0.2, -0.15) is 0 Å². The van der Waals surface area contributed by atoms with Crippen LogP contribution in [-0.4, -0.2) is 25.5 Å². The lowest BCUT2D eigenvalue weighted by Crippen LogP contribution is -2.21. The molecule has 0 saturated heterocycles. The smallest absolute Gasteiger partial charge is 0.262 e. The van der Waals surface area contributed by atoms with Gasteiger partial charge < -0.3 is 15.4 Å². The highest BCUT2D eigenvalue weighted by molar-refractivity contribution is 5.92. The van der Waals surface area contributed by atoms with E-state index < -0.39 is 0 Å². The molecule has 5 nitrogen and oxygen atoms in total. The van der Waals surface area contributed by atoms with E-state index in [-0.39, 0.29) is 18.4 Å². The van der Waals surface area contributed by atoms with Crippen LogP contribution in [0, 0.1) is 6.92 Å². The molecule has 0 aliphatic carbocycles. The van der Waals surface area contributed by atoms with E-state index >= 15 is 0 Å². The minimum Gasteiger partial charge on any atom is -0.483 e. The van der Waals surface area contributed by atoms with Crippen molar-refractivity contribution in [3.05, 3.63) is 59.7 Å². The molecule has 120 valence electrons. The molecule has 0 radical (unpaired) electrons. The predicted octanol–water partition coefficient (Wildman–Crippen LogP) is 2.30. The second-order valence-electron chi connectivity index (χ2n) is 5.15. The molecule has 2 rings (SSSR count). The molecule has 23 heavy (non-hydrogen) atoms. The van der Waals surface area contributed by atoms with E-state index in [4.69, 9.17) is 4.74 Å². The first-order valence-electron chi connectivity index (χ1n) is 7.36. The van der Waals surface area contributed by atoms with Crippen LogP contribution in [0.2, 0.25) is 0 Å². The normalized spacial score (nSPS) is 10.0. The molecule has 0 aliphatic heterocycles. The molecule has 5 heteroatoms. The van der Waals surface area contributed by atoms with Crippen molar-refractivity contribution in [1.29, 1.82) is 0 Å². The van der Waals surface area contributed by atoms with Crippen LogP contribution in [0.3, 0.4) is 0 Å². The number of aryl methyl sites for hydroxylation is 1. The number of hydrogen-bond acceptors (Lipinski definition) is 3. The Labute approximate surface area is 135 Å². The summed E-state index contributed by atoms with van der Waals surface area (Å²) in [5, 5.41) is 5.33. The highest BCUT2D eigenvalue weighted by atomic mass is 16.5. The fourth-order valence-electron chi connectivity index (χ4n) is 2.04. The lowest BCUT2D eigenvalue weighted by Gasteiger charge is -2.09. The Bertz CT molecular complexity index is 681. The van der Waals surface area contributed by atoms with E-state index in [0.29, 0.717) is 17.9 Å². The zero-order valence-electron chi connectivity index (χ0n) is 13.3. The van der Waals surface area contributed by atoms with E-state index in [1.807, 2.05) is 43.3 Å². The van der Waals surface area contributed by atoms with Crippen molar-refractivity contribution < 1.29 is 14.3 Å². The second-order valence-corrected chi connectivity index (χ2v) is 5.15. The first-order chi connectivity index (χ1) is 11.1. The van der Waals surface area contributed by atoms with E-state index in [9.17, 15) is 9.59 Å². The number of para-hydroxylation sites is 1. The van der Waals surface area contributed by atoms with Crippen LogP contribution in [-0.2, 0) is 16.0 Å². The van der Waals surface area contributed by atoms with Crippen LogP contribution >= 0.6 is 0 Å². The van der Waals surface area contributed by atoms with Gasteiger partial charge in [0, 0.05) is 12.7 Å². The number of nitrogens with one attached hydrogen (secondary N) is 2. The molecular formula is C18H20N2O3. The van der Waals surface area contributed by atoms with E-state index in [1.54, 1.807) is 19.2 Å². The summed E-state index contributed by atoms with van der Waals surface area (Å²) in [6, 6.07) is 14.7. The number of benzene rings is 2. The molecule has 0 fully saturated rings. The third kappa shape index (κ3) is 5.14. The van der Waals surface area contributed by atoms with Crippen molar-refractivity contribution in [3.63, 3.8) is 0 Å². The third-order valence-electron chi connectivity index (χ3n) is 3.33. The Hall–Kier alpha value is -2.82. The quantitative estimate of drug-likeness (QED) is 0.860. The maximum Gasteiger partial charge on any atom is 0.262 e. The summed E-state index contributed by atoms with van der Waals surface area (Å²) in [4.78, 5) is 23.2. The molecule has 2 aromatic rings. The SMILES string of the molecule is CNC(=O)Cc1ccc(NC(=O)COc2ccccc2C)cc1. The fourth-order valence-corrected chi connectivity index (χ4v) is 2.04. The van der Waals surface area contributed by atoms with Gasteiger partial charge in [0.25, 0.3) is 5.91 Å². The molecule has 0 unspecified atom stereocenters. The number of anilines is 1. The van der Waals surface area contributed by atoms with Gasteiger partial charge >= 0.3 is 0 Å². The molecule has 0 bridgehead atoms. The number of rotatable bonds is 6. The van der Waals surface area contributed by atoms with Gasteiger partial charge in [-0.1, -0.05) is 30.3 Å². The Balaban J connectivity index is 1.85. The summed E-state index contributed by atoms with van der Waals surface area (Å²) in [5.74, 6) is 0.421. The lowest BCUT2D eigenvalue weighted by molar-refractivity contribution is -0.120. The van der Waals surface area contributed by atoms with Crippen LogP contribution in [0.15, 0.2) is 48.5 Å². The van der Waals surface area contributed by atoms with Gasteiger partial charge in [-0.3, -0.25) is 9.59 Å². The Morgan fingerprint density at radius 2 is 1.70 bits per heavy atom. The van der Waals surface area contributed by atoms with Crippen molar-refractivity contribution in [1.82, 2.24) is 5.32 Å². The monoisotopic (exact) mass is 312 g/mol. The molecule has 2 aromatic carbocycles. The topological polar surface area (TPSA) is 67.4 Å². The predicted molar refractivity (Wildman–Crippen MR) is 89.5 cm³/mol. The van der Waals surface area contributed by atoms with Gasteiger partial charge in [-0.05, 0) is 36.2 Å². The number of carbonyl (C=O) groups is 2. The molecular weight excluding hydrogens is 292 g/mol. The summed E-state index contributed by atoms with van der Waals surface area (Å²) < 4.78 is 5.50. The summed E-state index contributed by atoms with van der Waals surface area (Å²) >= 11 is 0. The van der Waals surface area contributed by atoms with Crippen molar-refractivity contribution in [2.45, 2.75) is 13.3 Å². The Morgan fingerprint density at radius 3 is 2.35 bits per heavy atom. The highest BCUT2D eigenvalue weighted by Gasteiger charge is 2.06. The third-order valence-corrected chi connectivity index (χ3v) is 3.33. The van der Waals surface area contributed by atoms with Gasteiger partial charge in [0.1, 0.15) is 5.75 Å². The second kappa shape index (κ2) is 7.98. The minimum atomic E-state index is -0.229. The number of amides is 2. The highest BCUT2D eigenvalue weighted by Crippen LogP contribution is 2.16. The summed E-state index contributed by atoms with van der Waals surface area (Å²) in [5.41, 5.74) is 2.54. The standard InChI is InChI=1S/C18H20N2O3/c1-13-5-3-4-6-16(13)23-12-18(22)20-15-9-7-14(8-10-15)11-17(21)19-2/h3-10H,11-12H2,1-2H3,(H,19,21)(H,20,22). The first kappa shape index (κ1) is 16.5. The summed E-state index contributed by atoms with van der Waals surface area (Å²) in [6.45, 7) is 1.88. The van der Waals surface area contributed by atoms with Gasteiger partial charge in [0.2, 0.25) is 5.91 Å². The molecule has 0 aromatic heterocycles. The maximum absolute atomic E-state index is 11.9. The Kier molecular flexibility index (Phi) is 5.74. The van der Waals surface area contributed by atoms with Gasteiger partial charge in [-0.15, -0.1) is 0 Å². The zero-order valence-corrected chi connectivity index (χ0v) is 13.3. The zero-order chi connectivity index (χ0) is 16.7. The molecule has 0 spiro atoms. The van der Waals surface area contributed by atoms with Gasteiger partial charge in [-0.25, -0.2) is 0 Å². The molecule has 2 N–H and O–H groups in total. The fraction of sp³-hybridized carbons (Fsp3) is 0.222. The first-order valence-corrected chi connectivity index (χ1v) is 7.36. The van der Waals surface area contributed by atoms with Crippen molar-refractivity contribution in [2.24, 2.45) is 0 Å². The summed E-state index contributed by atoms with van der Waals surface area (Å²) in [7, 11) is 1.60.